The standard InChI is InChI=1S/C20H26N4O2/c1-15(2)8-9-21-20(25)17-14-18(24-10-12-26-13-11-24)23-19(22-17)16-6-4-3-5-7-16/h3-7,14-15H,8-13H2,1-2H3,(H,21,25). The molecule has 1 aliphatic rings. The van der Waals surface area contributed by atoms with Gasteiger partial charge < -0.3 is 15.0 Å². The number of anilines is 1. The van der Waals surface area contributed by atoms with Crippen molar-refractivity contribution in [3.05, 3.63) is 42.1 Å². The van der Waals surface area contributed by atoms with Gasteiger partial charge in [0.1, 0.15) is 11.5 Å². The third-order valence-corrected chi connectivity index (χ3v) is 4.32. The van der Waals surface area contributed by atoms with E-state index >= 15 is 0 Å². The lowest BCUT2D eigenvalue weighted by atomic mass is 10.1. The molecule has 6 heteroatoms. The van der Waals surface area contributed by atoms with Crippen molar-refractivity contribution in [2.75, 3.05) is 37.7 Å². The number of amides is 1. The van der Waals surface area contributed by atoms with Gasteiger partial charge in [0.05, 0.1) is 13.2 Å². The highest BCUT2D eigenvalue weighted by Gasteiger charge is 2.18. The quantitative estimate of drug-likeness (QED) is 0.864. The number of carbonyl (C=O) groups excluding carboxylic acids is 1. The lowest BCUT2D eigenvalue weighted by Crippen LogP contribution is -2.37. The largest absolute Gasteiger partial charge is 0.378 e. The van der Waals surface area contributed by atoms with Crippen LogP contribution in [0.4, 0.5) is 5.82 Å². The molecule has 1 aromatic carbocycles. The zero-order valence-electron chi connectivity index (χ0n) is 15.4. The molecule has 1 fully saturated rings. The molecule has 0 saturated carbocycles. The summed E-state index contributed by atoms with van der Waals surface area (Å²) in [6.07, 6.45) is 0.943. The Bertz CT molecular complexity index is 728. The first-order valence-electron chi connectivity index (χ1n) is 9.19. The molecule has 138 valence electrons. The summed E-state index contributed by atoms with van der Waals surface area (Å²) in [6, 6.07) is 11.5. The molecule has 6 nitrogen and oxygen atoms in total. The fraction of sp³-hybridized carbons (Fsp3) is 0.450. The predicted molar refractivity (Wildman–Crippen MR) is 102 cm³/mol. The normalized spacial score (nSPS) is 14.5. The van der Waals surface area contributed by atoms with Gasteiger partial charge in [-0.05, 0) is 12.3 Å². The van der Waals surface area contributed by atoms with Crippen LogP contribution in [0.15, 0.2) is 36.4 Å². The third-order valence-electron chi connectivity index (χ3n) is 4.32. The van der Waals surface area contributed by atoms with Gasteiger partial charge in [0.15, 0.2) is 5.82 Å². The Hall–Kier alpha value is -2.47. The van der Waals surface area contributed by atoms with Gasteiger partial charge in [-0.3, -0.25) is 4.79 Å². The Kier molecular flexibility index (Phi) is 6.17. The van der Waals surface area contributed by atoms with Gasteiger partial charge in [0.25, 0.3) is 5.91 Å². The number of morpholine rings is 1. The average Bonchev–Trinajstić information content (AvgIpc) is 2.68. The van der Waals surface area contributed by atoms with Crippen LogP contribution in [0.5, 0.6) is 0 Å². The number of carbonyl (C=O) groups is 1. The van der Waals surface area contributed by atoms with Gasteiger partial charge in [-0.15, -0.1) is 0 Å². The van der Waals surface area contributed by atoms with E-state index in [1.807, 2.05) is 30.3 Å². The maximum absolute atomic E-state index is 12.6. The Labute approximate surface area is 154 Å². The summed E-state index contributed by atoms with van der Waals surface area (Å²) in [5.41, 5.74) is 1.31. The van der Waals surface area contributed by atoms with Gasteiger partial charge in [-0.2, -0.15) is 0 Å². The van der Waals surface area contributed by atoms with Crippen molar-refractivity contribution in [3.63, 3.8) is 0 Å². The summed E-state index contributed by atoms with van der Waals surface area (Å²) in [4.78, 5) is 24.0. The second-order valence-electron chi connectivity index (χ2n) is 6.84. The van der Waals surface area contributed by atoms with E-state index in [0.717, 1.165) is 30.9 Å². The number of ether oxygens (including phenoxy) is 1. The van der Waals surface area contributed by atoms with Crippen LogP contribution in [-0.2, 0) is 4.74 Å². The summed E-state index contributed by atoms with van der Waals surface area (Å²) in [5.74, 6) is 1.74. The van der Waals surface area contributed by atoms with E-state index in [-0.39, 0.29) is 5.91 Å². The highest BCUT2D eigenvalue weighted by molar-refractivity contribution is 5.93. The molecule has 26 heavy (non-hydrogen) atoms. The molecule has 0 spiro atoms. The molecule has 0 bridgehead atoms. The van der Waals surface area contributed by atoms with Crippen LogP contribution < -0.4 is 10.2 Å². The minimum absolute atomic E-state index is 0.153. The monoisotopic (exact) mass is 354 g/mol. The second kappa shape index (κ2) is 8.76. The van der Waals surface area contributed by atoms with Crippen molar-refractivity contribution in [2.24, 2.45) is 5.92 Å². The number of hydrogen-bond donors (Lipinski definition) is 1. The molecular formula is C20H26N4O2. The first kappa shape index (κ1) is 18.3. The molecular weight excluding hydrogens is 328 g/mol. The van der Waals surface area contributed by atoms with Crippen LogP contribution >= 0.6 is 0 Å². The zero-order valence-corrected chi connectivity index (χ0v) is 15.4. The Morgan fingerprint density at radius 3 is 2.62 bits per heavy atom. The molecule has 1 saturated heterocycles. The highest BCUT2D eigenvalue weighted by Crippen LogP contribution is 2.21. The molecule has 3 rings (SSSR count). The minimum Gasteiger partial charge on any atom is -0.378 e. The number of benzene rings is 1. The zero-order chi connectivity index (χ0) is 18.4. The maximum atomic E-state index is 12.6. The predicted octanol–water partition coefficient (Wildman–Crippen LogP) is 2.76. The number of rotatable bonds is 6. The van der Waals surface area contributed by atoms with Gasteiger partial charge >= 0.3 is 0 Å². The summed E-state index contributed by atoms with van der Waals surface area (Å²) in [7, 11) is 0. The smallest absolute Gasteiger partial charge is 0.270 e. The number of aromatic nitrogens is 2. The third kappa shape index (κ3) is 4.79. The molecule has 0 atom stereocenters. The fourth-order valence-corrected chi connectivity index (χ4v) is 2.79. The molecule has 1 aromatic heterocycles. The van der Waals surface area contributed by atoms with Crippen LogP contribution in [0.1, 0.15) is 30.8 Å². The van der Waals surface area contributed by atoms with E-state index in [0.29, 0.717) is 37.2 Å². The summed E-state index contributed by atoms with van der Waals surface area (Å²) >= 11 is 0. The van der Waals surface area contributed by atoms with Gasteiger partial charge in [0, 0.05) is 31.3 Å². The van der Waals surface area contributed by atoms with Crippen LogP contribution in [0.25, 0.3) is 11.4 Å². The fourth-order valence-electron chi connectivity index (χ4n) is 2.79. The van der Waals surface area contributed by atoms with E-state index < -0.39 is 0 Å². The van der Waals surface area contributed by atoms with Crippen LogP contribution in [0, 0.1) is 5.92 Å². The van der Waals surface area contributed by atoms with Crippen molar-refractivity contribution in [3.8, 4) is 11.4 Å². The average molecular weight is 354 g/mol. The molecule has 2 aromatic rings. The SMILES string of the molecule is CC(C)CCNC(=O)c1cc(N2CCOCC2)nc(-c2ccccc2)n1. The van der Waals surface area contributed by atoms with E-state index in [9.17, 15) is 4.79 Å². The lowest BCUT2D eigenvalue weighted by Gasteiger charge is -2.28. The summed E-state index contributed by atoms with van der Waals surface area (Å²) in [5, 5.41) is 2.97. The Balaban J connectivity index is 1.88. The molecule has 0 aliphatic carbocycles. The van der Waals surface area contributed by atoms with Crippen molar-refractivity contribution in [1.29, 1.82) is 0 Å². The van der Waals surface area contributed by atoms with Crippen molar-refractivity contribution >= 4 is 11.7 Å². The number of nitrogens with one attached hydrogen (secondary N) is 1. The second-order valence-corrected chi connectivity index (χ2v) is 6.84. The number of nitrogens with zero attached hydrogens (tertiary/aromatic N) is 3. The van der Waals surface area contributed by atoms with Crippen molar-refractivity contribution in [2.45, 2.75) is 20.3 Å². The maximum Gasteiger partial charge on any atom is 0.270 e. The summed E-state index contributed by atoms with van der Waals surface area (Å²) < 4.78 is 5.42. The molecule has 0 radical (unpaired) electrons. The van der Waals surface area contributed by atoms with Gasteiger partial charge in [0.2, 0.25) is 0 Å². The molecule has 1 amide bonds. The molecule has 1 N–H and O–H groups in total. The van der Waals surface area contributed by atoms with Gasteiger partial charge in [-0.1, -0.05) is 44.2 Å². The van der Waals surface area contributed by atoms with Crippen molar-refractivity contribution < 1.29 is 9.53 Å². The van der Waals surface area contributed by atoms with Crippen LogP contribution in [0.2, 0.25) is 0 Å². The number of hydrogen-bond acceptors (Lipinski definition) is 5. The lowest BCUT2D eigenvalue weighted by molar-refractivity contribution is 0.0947. The minimum atomic E-state index is -0.153. The first-order valence-corrected chi connectivity index (χ1v) is 9.19. The van der Waals surface area contributed by atoms with Crippen LogP contribution in [0.3, 0.4) is 0 Å². The van der Waals surface area contributed by atoms with E-state index in [4.69, 9.17) is 9.72 Å². The molecule has 0 unspecified atom stereocenters. The first-order chi connectivity index (χ1) is 12.6. The van der Waals surface area contributed by atoms with E-state index in [1.54, 1.807) is 6.07 Å². The topological polar surface area (TPSA) is 67.4 Å². The Morgan fingerprint density at radius 2 is 1.92 bits per heavy atom. The highest BCUT2D eigenvalue weighted by atomic mass is 16.5. The van der Waals surface area contributed by atoms with E-state index in [1.165, 1.54) is 0 Å². The summed E-state index contributed by atoms with van der Waals surface area (Å²) in [6.45, 7) is 7.79. The molecule has 2 heterocycles. The van der Waals surface area contributed by atoms with Crippen molar-refractivity contribution in [1.82, 2.24) is 15.3 Å². The Morgan fingerprint density at radius 1 is 1.19 bits per heavy atom. The van der Waals surface area contributed by atoms with Gasteiger partial charge in [-0.25, -0.2) is 9.97 Å². The van der Waals surface area contributed by atoms with Crippen LogP contribution in [-0.4, -0.2) is 48.7 Å². The molecule has 1 aliphatic heterocycles. The van der Waals surface area contributed by atoms with E-state index in [2.05, 4.69) is 29.0 Å².